The Labute approximate surface area is 107 Å². The lowest BCUT2D eigenvalue weighted by molar-refractivity contribution is -0.386. The Morgan fingerprint density at radius 2 is 2.18 bits per heavy atom. The lowest BCUT2D eigenvalue weighted by atomic mass is 9.90. The molecule has 0 saturated heterocycles. The maximum atomic E-state index is 13.4. The zero-order valence-corrected chi connectivity index (χ0v) is 11.1. The highest BCUT2D eigenvalue weighted by atomic mass is 79.9. The molecule has 0 bridgehead atoms. The second-order valence-electron chi connectivity index (χ2n) is 3.84. The number of aliphatic hydroxyl groups is 1. The van der Waals surface area contributed by atoms with Crippen molar-refractivity contribution in [2.45, 2.75) is 32.3 Å². The standard InChI is InChI=1S/C11H13BrFNO3/c1-3-7(6(2)15)8-4-10(13)9(12)5-11(8)14(16)17/h4-7,15H,3H2,1-2H3. The van der Waals surface area contributed by atoms with Crippen LogP contribution in [-0.4, -0.2) is 16.1 Å². The van der Waals surface area contributed by atoms with Gasteiger partial charge in [-0.05, 0) is 35.3 Å². The molecule has 17 heavy (non-hydrogen) atoms. The first-order valence-corrected chi connectivity index (χ1v) is 5.99. The Morgan fingerprint density at radius 3 is 2.59 bits per heavy atom. The van der Waals surface area contributed by atoms with Gasteiger partial charge in [-0.25, -0.2) is 4.39 Å². The summed E-state index contributed by atoms with van der Waals surface area (Å²) in [6, 6.07) is 2.25. The van der Waals surface area contributed by atoms with E-state index in [1.165, 1.54) is 6.92 Å². The fourth-order valence-electron chi connectivity index (χ4n) is 1.83. The first kappa shape index (κ1) is 14.1. The summed E-state index contributed by atoms with van der Waals surface area (Å²) < 4.78 is 13.5. The highest BCUT2D eigenvalue weighted by Gasteiger charge is 2.26. The van der Waals surface area contributed by atoms with Crippen LogP contribution in [0.25, 0.3) is 0 Å². The number of nitro benzene ring substituents is 1. The van der Waals surface area contributed by atoms with Gasteiger partial charge in [-0.1, -0.05) is 6.92 Å². The van der Waals surface area contributed by atoms with Gasteiger partial charge in [-0.3, -0.25) is 10.1 Å². The molecule has 1 rings (SSSR count). The van der Waals surface area contributed by atoms with Crippen LogP contribution >= 0.6 is 15.9 Å². The Morgan fingerprint density at radius 1 is 1.59 bits per heavy atom. The molecule has 0 aromatic heterocycles. The van der Waals surface area contributed by atoms with Gasteiger partial charge in [0.1, 0.15) is 5.82 Å². The zero-order chi connectivity index (χ0) is 13.2. The van der Waals surface area contributed by atoms with Crippen molar-refractivity contribution in [2.75, 3.05) is 0 Å². The van der Waals surface area contributed by atoms with E-state index < -0.39 is 22.8 Å². The molecule has 1 aromatic carbocycles. The highest BCUT2D eigenvalue weighted by Crippen LogP contribution is 2.34. The molecule has 6 heteroatoms. The van der Waals surface area contributed by atoms with Gasteiger partial charge in [-0.15, -0.1) is 0 Å². The lowest BCUT2D eigenvalue weighted by Gasteiger charge is -2.18. The minimum absolute atomic E-state index is 0.0494. The van der Waals surface area contributed by atoms with Crippen LogP contribution in [0.5, 0.6) is 0 Å². The molecule has 0 spiro atoms. The molecule has 2 unspecified atom stereocenters. The van der Waals surface area contributed by atoms with Crippen LogP contribution in [0.2, 0.25) is 0 Å². The average molecular weight is 306 g/mol. The summed E-state index contributed by atoms with van der Waals surface area (Å²) in [4.78, 5) is 10.3. The van der Waals surface area contributed by atoms with Gasteiger partial charge in [0.15, 0.2) is 0 Å². The molecular formula is C11H13BrFNO3. The molecule has 2 atom stereocenters. The van der Waals surface area contributed by atoms with Crippen LogP contribution in [0.4, 0.5) is 10.1 Å². The van der Waals surface area contributed by atoms with Crippen molar-refractivity contribution in [3.63, 3.8) is 0 Å². The molecule has 0 aliphatic carbocycles. The van der Waals surface area contributed by atoms with E-state index >= 15 is 0 Å². The number of aliphatic hydroxyl groups excluding tert-OH is 1. The number of benzene rings is 1. The van der Waals surface area contributed by atoms with Gasteiger partial charge in [-0.2, -0.15) is 0 Å². The topological polar surface area (TPSA) is 63.4 Å². The quantitative estimate of drug-likeness (QED) is 0.685. The summed E-state index contributed by atoms with van der Waals surface area (Å²) in [5, 5.41) is 20.5. The summed E-state index contributed by atoms with van der Waals surface area (Å²) in [5.74, 6) is -1.01. The molecule has 0 radical (unpaired) electrons. The van der Waals surface area contributed by atoms with Gasteiger partial charge in [0, 0.05) is 17.5 Å². The molecular weight excluding hydrogens is 293 g/mol. The fourth-order valence-corrected chi connectivity index (χ4v) is 2.16. The largest absolute Gasteiger partial charge is 0.393 e. The Balaban J connectivity index is 3.39. The number of hydrogen-bond donors (Lipinski definition) is 1. The summed E-state index contributed by atoms with van der Waals surface area (Å²) in [6.07, 6.45) is -0.265. The van der Waals surface area contributed by atoms with Crippen LogP contribution < -0.4 is 0 Å². The number of rotatable bonds is 4. The number of hydrogen-bond acceptors (Lipinski definition) is 3. The third-order valence-electron chi connectivity index (χ3n) is 2.69. The van der Waals surface area contributed by atoms with E-state index in [1.54, 1.807) is 6.92 Å². The van der Waals surface area contributed by atoms with E-state index in [4.69, 9.17) is 0 Å². The van der Waals surface area contributed by atoms with E-state index in [-0.39, 0.29) is 15.7 Å². The van der Waals surface area contributed by atoms with Crippen molar-refractivity contribution in [3.8, 4) is 0 Å². The highest BCUT2D eigenvalue weighted by molar-refractivity contribution is 9.10. The van der Waals surface area contributed by atoms with E-state index in [0.717, 1.165) is 12.1 Å². The first-order chi connectivity index (χ1) is 7.88. The summed E-state index contributed by atoms with van der Waals surface area (Å²) in [5.41, 5.74) is 0.0548. The van der Waals surface area contributed by atoms with Gasteiger partial charge < -0.3 is 5.11 Å². The SMILES string of the molecule is CCC(c1cc(F)c(Br)cc1[N+](=O)[O-])C(C)O. The molecule has 0 aliphatic rings. The normalized spacial score (nSPS) is 14.4. The van der Waals surface area contributed by atoms with Crippen LogP contribution in [0.1, 0.15) is 31.7 Å². The molecule has 0 heterocycles. The molecule has 94 valence electrons. The third kappa shape index (κ3) is 3.01. The van der Waals surface area contributed by atoms with Gasteiger partial charge >= 0.3 is 0 Å². The van der Waals surface area contributed by atoms with Crippen molar-refractivity contribution < 1.29 is 14.4 Å². The van der Waals surface area contributed by atoms with Crippen LogP contribution in [0, 0.1) is 15.9 Å². The van der Waals surface area contributed by atoms with E-state index in [2.05, 4.69) is 15.9 Å². The molecule has 0 saturated carbocycles. The molecule has 0 fully saturated rings. The molecule has 4 nitrogen and oxygen atoms in total. The first-order valence-electron chi connectivity index (χ1n) is 5.19. The Bertz CT molecular complexity index is 437. The van der Waals surface area contributed by atoms with E-state index in [9.17, 15) is 19.6 Å². The second-order valence-corrected chi connectivity index (χ2v) is 4.69. The van der Waals surface area contributed by atoms with Crippen molar-refractivity contribution in [3.05, 3.63) is 38.1 Å². The maximum Gasteiger partial charge on any atom is 0.274 e. The summed E-state index contributed by atoms with van der Waals surface area (Å²) in [7, 11) is 0. The molecule has 1 aromatic rings. The molecule has 1 N–H and O–H groups in total. The van der Waals surface area contributed by atoms with Crippen molar-refractivity contribution in [1.29, 1.82) is 0 Å². The average Bonchev–Trinajstić information content (AvgIpc) is 2.22. The van der Waals surface area contributed by atoms with Gasteiger partial charge in [0.25, 0.3) is 5.69 Å². The van der Waals surface area contributed by atoms with E-state index in [1.807, 2.05) is 0 Å². The van der Waals surface area contributed by atoms with Crippen LogP contribution in [0.3, 0.4) is 0 Å². The maximum absolute atomic E-state index is 13.4. The predicted molar refractivity (Wildman–Crippen MR) is 65.5 cm³/mol. The van der Waals surface area contributed by atoms with Crippen LogP contribution in [0.15, 0.2) is 16.6 Å². The number of halogens is 2. The van der Waals surface area contributed by atoms with Crippen molar-refractivity contribution >= 4 is 21.6 Å². The minimum Gasteiger partial charge on any atom is -0.393 e. The fraction of sp³-hybridized carbons (Fsp3) is 0.455. The number of nitro groups is 1. The van der Waals surface area contributed by atoms with Crippen molar-refractivity contribution in [1.82, 2.24) is 0 Å². The van der Waals surface area contributed by atoms with Crippen molar-refractivity contribution in [2.24, 2.45) is 0 Å². The molecule has 0 amide bonds. The predicted octanol–water partition coefficient (Wildman–Crippen LogP) is 3.37. The second kappa shape index (κ2) is 5.55. The van der Waals surface area contributed by atoms with Crippen LogP contribution in [-0.2, 0) is 0 Å². The van der Waals surface area contributed by atoms with E-state index in [0.29, 0.717) is 6.42 Å². The third-order valence-corrected chi connectivity index (χ3v) is 3.30. The van der Waals surface area contributed by atoms with Gasteiger partial charge in [0.2, 0.25) is 0 Å². The Hall–Kier alpha value is -1.01. The summed E-state index contributed by atoms with van der Waals surface area (Å²) in [6.45, 7) is 3.33. The number of nitrogens with zero attached hydrogens (tertiary/aromatic N) is 1. The molecule has 0 aliphatic heterocycles. The summed E-state index contributed by atoms with van der Waals surface area (Å²) >= 11 is 2.91. The minimum atomic E-state index is -0.765. The lowest BCUT2D eigenvalue weighted by Crippen LogP contribution is -2.15. The van der Waals surface area contributed by atoms with Gasteiger partial charge in [0.05, 0.1) is 15.5 Å². The monoisotopic (exact) mass is 305 g/mol. The Kier molecular flexibility index (Phi) is 4.59. The smallest absolute Gasteiger partial charge is 0.274 e. The zero-order valence-electron chi connectivity index (χ0n) is 9.48.